The first kappa shape index (κ1) is 23.1. The second kappa shape index (κ2) is 10.7. The Kier molecular flexibility index (Phi) is 6.85. The maximum atomic E-state index is 14.2. The van der Waals surface area contributed by atoms with E-state index in [1.54, 1.807) is 29.4 Å². The number of hydrogen-bond donors (Lipinski definition) is 3. The van der Waals surface area contributed by atoms with E-state index in [1.807, 2.05) is 36.4 Å². The number of nitrogens with zero attached hydrogens (tertiary/aromatic N) is 6. The predicted molar refractivity (Wildman–Crippen MR) is 131 cm³/mol. The number of ether oxygens (including phenoxy) is 1. The average molecular weight is 487 g/mol. The van der Waals surface area contributed by atoms with Gasteiger partial charge in [-0.3, -0.25) is 15.6 Å². The predicted octanol–water partition coefficient (Wildman–Crippen LogP) is 2.80. The van der Waals surface area contributed by atoms with Crippen LogP contribution < -0.4 is 21.1 Å². The fraction of sp³-hybridized carbons (Fsp3) is 0.167. The summed E-state index contributed by atoms with van der Waals surface area (Å²) in [6.07, 6.45) is 4.24. The number of carbonyl (C=O) groups excluding carboxylic acids is 1. The molecule has 0 saturated carbocycles. The molecule has 1 aliphatic rings. The molecular weight excluding hydrogens is 465 g/mol. The van der Waals surface area contributed by atoms with Crippen LogP contribution >= 0.6 is 0 Å². The molecule has 1 amide bonds. The summed E-state index contributed by atoms with van der Waals surface area (Å²) in [4.78, 5) is 26.5. The Morgan fingerprint density at radius 3 is 2.67 bits per heavy atom. The normalized spacial score (nSPS) is 13.2. The number of morpholine rings is 1. The van der Waals surface area contributed by atoms with Crippen LogP contribution in [-0.4, -0.2) is 57.4 Å². The van der Waals surface area contributed by atoms with Crippen molar-refractivity contribution in [1.29, 1.82) is 0 Å². The molecule has 12 heteroatoms. The highest BCUT2D eigenvalue weighted by atomic mass is 19.1. The van der Waals surface area contributed by atoms with Crippen molar-refractivity contribution in [2.24, 2.45) is 0 Å². The Balaban J connectivity index is 1.20. The number of hydrazine groups is 1. The van der Waals surface area contributed by atoms with E-state index in [2.05, 4.69) is 41.3 Å². The molecule has 1 saturated heterocycles. The van der Waals surface area contributed by atoms with Gasteiger partial charge in [0.05, 0.1) is 37.0 Å². The van der Waals surface area contributed by atoms with Crippen LogP contribution in [0.15, 0.2) is 67.1 Å². The first-order valence-electron chi connectivity index (χ1n) is 11.2. The molecule has 0 unspecified atom stereocenters. The zero-order valence-corrected chi connectivity index (χ0v) is 19.1. The molecule has 0 radical (unpaired) electrons. The first-order valence-corrected chi connectivity index (χ1v) is 11.2. The smallest absolute Gasteiger partial charge is 0.288 e. The van der Waals surface area contributed by atoms with Crippen molar-refractivity contribution >= 4 is 29.0 Å². The van der Waals surface area contributed by atoms with E-state index in [1.165, 1.54) is 0 Å². The molecule has 5 rings (SSSR count). The van der Waals surface area contributed by atoms with Crippen molar-refractivity contribution in [3.63, 3.8) is 0 Å². The van der Waals surface area contributed by atoms with Gasteiger partial charge in [-0.15, -0.1) is 0 Å². The Bertz CT molecular complexity index is 1330. The third kappa shape index (κ3) is 5.50. The van der Waals surface area contributed by atoms with Crippen molar-refractivity contribution in [2.45, 2.75) is 0 Å². The summed E-state index contributed by atoms with van der Waals surface area (Å²) in [5.74, 6) is -0.817. The van der Waals surface area contributed by atoms with Crippen molar-refractivity contribution < 1.29 is 13.9 Å². The van der Waals surface area contributed by atoms with Gasteiger partial charge in [-0.1, -0.05) is 12.1 Å². The van der Waals surface area contributed by atoms with E-state index in [9.17, 15) is 9.18 Å². The van der Waals surface area contributed by atoms with Crippen LogP contribution in [0.25, 0.3) is 11.3 Å². The molecule has 3 N–H and O–H groups in total. The number of benzene rings is 1. The van der Waals surface area contributed by atoms with Crippen LogP contribution in [0.1, 0.15) is 10.5 Å². The summed E-state index contributed by atoms with van der Waals surface area (Å²) in [6.45, 7) is 2.03. The second-order valence-electron chi connectivity index (χ2n) is 7.79. The molecular formula is C24H22FN9O2. The maximum Gasteiger partial charge on any atom is 0.288 e. The molecule has 0 aliphatic carbocycles. The standard InChI is InChI=1S/C24H22FN9O2/c25-19-15-27-24(30-22(19)34-9-11-36-12-10-34)33-32-23(35)21-7-6-18(14-26-21)29-17-4-1-3-16(13-17)20-5-2-8-28-31-20/h1-8,13-15,29H,9-12H2,(H,32,35)(H,27,30,33). The van der Waals surface area contributed by atoms with E-state index in [-0.39, 0.29) is 17.5 Å². The first-order chi connectivity index (χ1) is 17.7. The van der Waals surface area contributed by atoms with Crippen LogP contribution in [0, 0.1) is 5.82 Å². The lowest BCUT2D eigenvalue weighted by Crippen LogP contribution is -2.38. The van der Waals surface area contributed by atoms with E-state index in [0.717, 1.165) is 23.1 Å². The summed E-state index contributed by atoms with van der Waals surface area (Å²) < 4.78 is 19.5. The number of hydrogen-bond acceptors (Lipinski definition) is 10. The van der Waals surface area contributed by atoms with Gasteiger partial charge in [0.2, 0.25) is 5.95 Å². The molecule has 1 fully saturated rings. The van der Waals surface area contributed by atoms with Gasteiger partial charge in [0, 0.05) is 30.5 Å². The number of carbonyl (C=O) groups is 1. The molecule has 4 aromatic rings. The fourth-order valence-corrected chi connectivity index (χ4v) is 3.57. The molecule has 1 aromatic carbocycles. The fourth-order valence-electron chi connectivity index (χ4n) is 3.57. The van der Waals surface area contributed by atoms with Crippen molar-refractivity contribution in [3.8, 4) is 11.3 Å². The summed E-state index contributed by atoms with van der Waals surface area (Å²) >= 11 is 0. The van der Waals surface area contributed by atoms with Gasteiger partial charge in [-0.25, -0.2) is 14.4 Å². The molecule has 182 valence electrons. The van der Waals surface area contributed by atoms with Crippen molar-refractivity contribution in [3.05, 3.63) is 78.6 Å². The molecule has 1 aliphatic heterocycles. The molecule has 0 atom stereocenters. The lowest BCUT2D eigenvalue weighted by Gasteiger charge is -2.28. The third-order valence-electron chi connectivity index (χ3n) is 5.34. The molecule has 0 bridgehead atoms. The van der Waals surface area contributed by atoms with Gasteiger partial charge in [0.15, 0.2) is 11.6 Å². The number of aromatic nitrogens is 5. The van der Waals surface area contributed by atoms with Crippen LogP contribution in [0.2, 0.25) is 0 Å². The number of pyridine rings is 1. The summed E-state index contributed by atoms with van der Waals surface area (Å²) in [7, 11) is 0. The number of halogens is 1. The number of amides is 1. The Morgan fingerprint density at radius 1 is 1.00 bits per heavy atom. The Hall–Kier alpha value is -4.71. The van der Waals surface area contributed by atoms with Crippen LogP contribution in [0.3, 0.4) is 0 Å². The zero-order chi connectivity index (χ0) is 24.7. The quantitative estimate of drug-likeness (QED) is 0.335. The van der Waals surface area contributed by atoms with Crippen LogP contribution in [-0.2, 0) is 4.74 Å². The molecule has 4 heterocycles. The van der Waals surface area contributed by atoms with Gasteiger partial charge >= 0.3 is 0 Å². The largest absolute Gasteiger partial charge is 0.378 e. The SMILES string of the molecule is O=C(NNc1ncc(F)c(N2CCOCC2)n1)c1ccc(Nc2cccc(-c3cccnn3)c2)cn1. The molecule has 3 aromatic heterocycles. The van der Waals surface area contributed by atoms with E-state index in [0.29, 0.717) is 32.0 Å². The Morgan fingerprint density at radius 2 is 1.89 bits per heavy atom. The Labute approximate surface area is 205 Å². The van der Waals surface area contributed by atoms with Crippen molar-refractivity contribution in [2.75, 3.05) is 41.9 Å². The van der Waals surface area contributed by atoms with E-state index in [4.69, 9.17) is 4.74 Å². The van der Waals surface area contributed by atoms with Crippen LogP contribution in [0.4, 0.5) is 27.5 Å². The number of anilines is 4. The van der Waals surface area contributed by atoms with Crippen molar-refractivity contribution in [1.82, 2.24) is 30.6 Å². The van der Waals surface area contributed by atoms with Gasteiger partial charge in [0.25, 0.3) is 5.91 Å². The minimum Gasteiger partial charge on any atom is -0.378 e. The lowest BCUT2D eigenvalue weighted by molar-refractivity contribution is 0.0957. The highest BCUT2D eigenvalue weighted by Gasteiger charge is 2.18. The highest BCUT2D eigenvalue weighted by Crippen LogP contribution is 2.23. The van der Waals surface area contributed by atoms with Gasteiger partial charge in [-0.2, -0.15) is 15.2 Å². The van der Waals surface area contributed by atoms with Crippen LogP contribution in [0.5, 0.6) is 0 Å². The minimum atomic E-state index is -0.541. The lowest BCUT2D eigenvalue weighted by atomic mass is 10.1. The third-order valence-corrected chi connectivity index (χ3v) is 5.34. The number of rotatable bonds is 7. The zero-order valence-electron chi connectivity index (χ0n) is 19.1. The molecule has 0 spiro atoms. The summed E-state index contributed by atoms with van der Waals surface area (Å²) in [5, 5.41) is 11.3. The van der Waals surface area contributed by atoms with E-state index >= 15 is 0 Å². The topological polar surface area (TPSA) is 130 Å². The van der Waals surface area contributed by atoms with Gasteiger partial charge < -0.3 is 15.0 Å². The highest BCUT2D eigenvalue weighted by molar-refractivity contribution is 5.93. The molecule has 36 heavy (non-hydrogen) atoms. The molecule has 11 nitrogen and oxygen atoms in total. The number of nitrogens with one attached hydrogen (secondary N) is 3. The summed E-state index contributed by atoms with van der Waals surface area (Å²) in [6, 6.07) is 14.8. The second-order valence-corrected chi connectivity index (χ2v) is 7.79. The summed E-state index contributed by atoms with van der Waals surface area (Å²) in [5.41, 5.74) is 8.50. The van der Waals surface area contributed by atoms with Gasteiger partial charge in [-0.05, 0) is 36.4 Å². The van der Waals surface area contributed by atoms with Gasteiger partial charge in [0.1, 0.15) is 5.69 Å². The van der Waals surface area contributed by atoms with E-state index < -0.39 is 11.7 Å². The average Bonchev–Trinajstić information content (AvgIpc) is 2.94. The minimum absolute atomic E-state index is 0.0625. The maximum absolute atomic E-state index is 14.2. The monoisotopic (exact) mass is 487 g/mol.